The quantitative estimate of drug-likeness (QED) is 0.871. The van der Waals surface area contributed by atoms with Crippen LogP contribution in [-0.2, 0) is 0 Å². The summed E-state index contributed by atoms with van der Waals surface area (Å²) in [5.74, 6) is 0.764. The van der Waals surface area contributed by atoms with Gasteiger partial charge in [-0.1, -0.05) is 30.3 Å². The Kier molecular flexibility index (Phi) is 2.65. The highest BCUT2D eigenvalue weighted by Gasteiger charge is 2.23. The lowest BCUT2D eigenvalue weighted by molar-refractivity contribution is 0.220. The van der Waals surface area contributed by atoms with Gasteiger partial charge in [-0.25, -0.2) is 0 Å². The van der Waals surface area contributed by atoms with Crippen LogP contribution < -0.4 is 0 Å². The summed E-state index contributed by atoms with van der Waals surface area (Å²) in [5, 5.41) is 10.2. The van der Waals surface area contributed by atoms with Crippen LogP contribution in [0.2, 0.25) is 0 Å². The Balaban J connectivity index is 1.83. The Morgan fingerprint density at radius 3 is 2.41 bits per heavy atom. The number of rotatable bonds is 3. The molecule has 1 atom stereocenters. The van der Waals surface area contributed by atoms with Crippen molar-refractivity contribution in [1.82, 2.24) is 4.98 Å². The molecule has 1 aromatic heterocycles. The SMILES string of the molecule is OC(c1ccc(C2CC2)cc1)c1cccnc1. The van der Waals surface area contributed by atoms with Gasteiger partial charge in [0.1, 0.15) is 6.10 Å². The van der Waals surface area contributed by atoms with Gasteiger partial charge in [0, 0.05) is 18.0 Å². The van der Waals surface area contributed by atoms with E-state index in [4.69, 9.17) is 0 Å². The second-order valence-corrected chi connectivity index (χ2v) is 4.63. The van der Waals surface area contributed by atoms with Gasteiger partial charge in [-0.05, 0) is 36.0 Å². The van der Waals surface area contributed by atoms with Gasteiger partial charge in [-0.3, -0.25) is 4.98 Å². The van der Waals surface area contributed by atoms with Gasteiger partial charge in [0.2, 0.25) is 0 Å². The van der Waals surface area contributed by atoms with Crippen molar-refractivity contribution in [3.8, 4) is 0 Å². The average Bonchev–Trinajstić information content (AvgIpc) is 3.24. The van der Waals surface area contributed by atoms with Crippen molar-refractivity contribution < 1.29 is 5.11 Å². The van der Waals surface area contributed by atoms with Crippen LogP contribution in [0.25, 0.3) is 0 Å². The molecule has 0 radical (unpaired) electrons. The first-order valence-electron chi connectivity index (χ1n) is 6.02. The van der Waals surface area contributed by atoms with E-state index >= 15 is 0 Å². The monoisotopic (exact) mass is 225 g/mol. The molecular weight excluding hydrogens is 210 g/mol. The first kappa shape index (κ1) is 10.5. The van der Waals surface area contributed by atoms with Crippen molar-refractivity contribution >= 4 is 0 Å². The second-order valence-electron chi connectivity index (χ2n) is 4.63. The first-order valence-corrected chi connectivity index (χ1v) is 6.02. The summed E-state index contributed by atoms with van der Waals surface area (Å²) in [6.45, 7) is 0. The number of hydrogen-bond donors (Lipinski definition) is 1. The van der Waals surface area contributed by atoms with E-state index in [1.807, 2.05) is 24.3 Å². The molecule has 1 heterocycles. The summed E-state index contributed by atoms with van der Waals surface area (Å²) < 4.78 is 0. The van der Waals surface area contributed by atoms with Gasteiger partial charge >= 0.3 is 0 Å². The predicted molar refractivity (Wildman–Crippen MR) is 66.7 cm³/mol. The number of nitrogens with zero attached hydrogens (tertiary/aromatic N) is 1. The highest BCUT2D eigenvalue weighted by molar-refractivity contribution is 5.33. The standard InChI is InChI=1S/C15H15NO/c17-15(14-2-1-9-16-10-14)13-7-5-12(6-8-13)11-3-4-11/h1-2,5-11,15,17H,3-4H2. The molecule has 1 fully saturated rings. The summed E-state index contributed by atoms with van der Waals surface area (Å²) in [6, 6.07) is 12.0. The minimum atomic E-state index is -0.572. The van der Waals surface area contributed by atoms with Crippen LogP contribution >= 0.6 is 0 Å². The highest BCUT2D eigenvalue weighted by Crippen LogP contribution is 2.40. The lowest BCUT2D eigenvalue weighted by atomic mass is 10.0. The Morgan fingerprint density at radius 2 is 1.82 bits per heavy atom. The zero-order valence-corrected chi connectivity index (χ0v) is 9.58. The highest BCUT2D eigenvalue weighted by atomic mass is 16.3. The normalized spacial score (nSPS) is 16.8. The molecule has 1 unspecified atom stereocenters. The molecule has 0 bridgehead atoms. The third kappa shape index (κ3) is 2.22. The predicted octanol–water partition coefficient (Wildman–Crippen LogP) is 3.04. The zero-order chi connectivity index (χ0) is 11.7. The van der Waals surface area contributed by atoms with E-state index in [-0.39, 0.29) is 0 Å². The molecule has 1 aliphatic carbocycles. The van der Waals surface area contributed by atoms with Crippen LogP contribution in [0, 0.1) is 0 Å². The van der Waals surface area contributed by atoms with E-state index in [9.17, 15) is 5.11 Å². The van der Waals surface area contributed by atoms with Crippen LogP contribution in [0.15, 0.2) is 48.8 Å². The summed E-state index contributed by atoms with van der Waals surface area (Å²) in [4.78, 5) is 4.03. The Morgan fingerprint density at radius 1 is 1.06 bits per heavy atom. The van der Waals surface area contributed by atoms with Crippen molar-refractivity contribution in [3.63, 3.8) is 0 Å². The van der Waals surface area contributed by atoms with Crippen LogP contribution in [-0.4, -0.2) is 10.1 Å². The van der Waals surface area contributed by atoms with E-state index < -0.39 is 6.10 Å². The largest absolute Gasteiger partial charge is 0.384 e. The fraction of sp³-hybridized carbons (Fsp3) is 0.267. The number of aliphatic hydroxyl groups is 1. The van der Waals surface area contributed by atoms with Crippen LogP contribution in [0.4, 0.5) is 0 Å². The average molecular weight is 225 g/mol. The van der Waals surface area contributed by atoms with Crippen molar-refractivity contribution in [2.75, 3.05) is 0 Å². The molecule has 86 valence electrons. The van der Waals surface area contributed by atoms with Crippen molar-refractivity contribution in [1.29, 1.82) is 0 Å². The van der Waals surface area contributed by atoms with E-state index in [1.54, 1.807) is 12.4 Å². The number of benzene rings is 1. The van der Waals surface area contributed by atoms with Gasteiger partial charge in [-0.2, -0.15) is 0 Å². The molecule has 0 saturated heterocycles. The molecule has 0 amide bonds. The Hall–Kier alpha value is -1.67. The van der Waals surface area contributed by atoms with Crippen molar-refractivity contribution in [3.05, 3.63) is 65.5 Å². The van der Waals surface area contributed by atoms with Crippen LogP contribution in [0.1, 0.15) is 41.6 Å². The van der Waals surface area contributed by atoms with E-state index in [0.717, 1.165) is 17.0 Å². The molecule has 2 nitrogen and oxygen atoms in total. The molecule has 1 aliphatic rings. The maximum Gasteiger partial charge on any atom is 0.106 e. The third-order valence-corrected chi connectivity index (χ3v) is 3.30. The van der Waals surface area contributed by atoms with Gasteiger partial charge in [0.05, 0.1) is 0 Å². The molecule has 0 spiro atoms. The molecule has 2 aromatic rings. The third-order valence-electron chi connectivity index (χ3n) is 3.30. The number of hydrogen-bond acceptors (Lipinski definition) is 2. The molecular formula is C15H15NO. The molecule has 0 aliphatic heterocycles. The molecule has 1 saturated carbocycles. The Bertz CT molecular complexity index is 488. The van der Waals surface area contributed by atoms with Crippen molar-refractivity contribution in [2.45, 2.75) is 24.9 Å². The molecule has 3 rings (SSSR count). The molecule has 17 heavy (non-hydrogen) atoms. The summed E-state index contributed by atoms with van der Waals surface area (Å²) in [7, 11) is 0. The number of aliphatic hydroxyl groups excluding tert-OH is 1. The maximum absolute atomic E-state index is 10.2. The zero-order valence-electron chi connectivity index (χ0n) is 9.58. The van der Waals surface area contributed by atoms with E-state index in [0.29, 0.717) is 0 Å². The van der Waals surface area contributed by atoms with Gasteiger partial charge in [0.15, 0.2) is 0 Å². The molecule has 2 heteroatoms. The fourth-order valence-electron chi connectivity index (χ4n) is 2.10. The summed E-state index contributed by atoms with van der Waals surface area (Å²) in [6.07, 6.45) is 5.47. The summed E-state index contributed by atoms with van der Waals surface area (Å²) >= 11 is 0. The minimum Gasteiger partial charge on any atom is -0.384 e. The molecule has 1 N–H and O–H groups in total. The number of aromatic nitrogens is 1. The van der Waals surface area contributed by atoms with Crippen molar-refractivity contribution in [2.24, 2.45) is 0 Å². The smallest absolute Gasteiger partial charge is 0.106 e. The fourth-order valence-corrected chi connectivity index (χ4v) is 2.10. The lowest BCUT2D eigenvalue weighted by Gasteiger charge is -2.11. The topological polar surface area (TPSA) is 33.1 Å². The maximum atomic E-state index is 10.2. The minimum absolute atomic E-state index is 0.572. The second kappa shape index (κ2) is 4.30. The van der Waals surface area contributed by atoms with Crippen LogP contribution in [0.3, 0.4) is 0 Å². The number of pyridine rings is 1. The summed E-state index contributed by atoms with van der Waals surface area (Å²) in [5.41, 5.74) is 3.17. The van der Waals surface area contributed by atoms with E-state index in [2.05, 4.69) is 17.1 Å². The van der Waals surface area contributed by atoms with Gasteiger partial charge in [-0.15, -0.1) is 0 Å². The lowest BCUT2D eigenvalue weighted by Crippen LogP contribution is -1.99. The molecule has 1 aromatic carbocycles. The van der Waals surface area contributed by atoms with Gasteiger partial charge in [0.25, 0.3) is 0 Å². The van der Waals surface area contributed by atoms with Crippen LogP contribution in [0.5, 0.6) is 0 Å². The van der Waals surface area contributed by atoms with Gasteiger partial charge < -0.3 is 5.11 Å². The Labute approximate surface area is 101 Å². The first-order chi connectivity index (χ1) is 8.34. The van der Waals surface area contributed by atoms with E-state index in [1.165, 1.54) is 18.4 Å².